The fourth-order valence-electron chi connectivity index (χ4n) is 5.75. The van der Waals surface area contributed by atoms with Crippen molar-refractivity contribution in [2.45, 2.75) is 187 Å². The third-order valence-electron chi connectivity index (χ3n) is 9.23. The van der Waals surface area contributed by atoms with E-state index in [1.165, 1.54) is 57.8 Å². The SMILES string of the molecule is CC\C=C/C=C\C=C/C=C\C=C\C=C/C=C\CCCCCC(=O)OCC(COC(=O)CCCCCCCCCCCC)OC(=O)CCCCC/C=C\C=C/CCCC. The van der Waals surface area contributed by atoms with Crippen LogP contribution in [0.25, 0.3) is 0 Å². The van der Waals surface area contributed by atoms with Crippen molar-refractivity contribution in [2.75, 3.05) is 13.2 Å². The molecule has 0 fully saturated rings. The molecule has 0 heterocycles. The van der Waals surface area contributed by atoms with Crippen molar-refractivity contribution < 1.29 is 28.6 Å². The summed E-state index contributed by atoms with van der Waals surface area (Å²) in [4.78, 5) is 37.7. The summed E-state index contributed by atoms with van der Waals surface area (Å²) in [6.45, 7) is 6.33. The molecule has 1 unspecified atom stereocenters. The Morgan fingerprint density at radius 2 is 0.690 bits per heavy atom. The summed E-state index contributed by atoms with van der Waals surface area (Å²) in [6, 6.07) is 0. The normalized spacial score (nSPS) is 13.1. The summed E-state index contributed by atoms with van der Waals surface area (Å²) in [5, 5.41) is 0. The quantitative estimate of drug-likeness (QED) is 0.0267. The molecule has 0 N–H and O–H groups in total. The molecule has 0 bridgehead atoms. The molecule has 326 valence electrons. The Balaban J connectivity index is 4.51. The largest absolute Gasteiger partial charge is 0.462 e. The first-order valence-electron chi connectivity index (χ1n) is 23.0. The van der Waals surface area contributed by atoms with E-state index in [0.717, 1.165) is 83.5 Å². The lowest BCUT2D eigenvalue weighted by atomic mass is 10.1. The van der Waals surface area contributed by atoms with Gasteiger partial charge in [0.1, 0.15) is 13.2 Å². The minimum absolute atomic E-state index is 0.105. The molecule has 0 spiro atoms. The molecule has 0 aliphatic carbocycles. The van der Waals surface area contributed by atoms with E-state index >= 15 is 0 Å². The number of carbonyl (C=O) groups excluding carboxylic acids is 3. The minimum Gasteiger partial charge on any atom is -0.462 e. The van der Waals surface area contributed by atoms with E-state index in [-0.39, 0.29) is 37.5 Å². The molecule has 6 heteroatoms. The van der Waals surface area contributed by atoms with Crippen molar-refractivity contribution in [1.29, 1.82) is 0 Å². The van der Waals surface area contributed by atoms with Crippen molar-refractivity contribution in [3.05, 3.63) is 109 Å². The van der Waals surface area contributed by atoms with Crippen molar-refractivity contribution in [3.63, 3.8) is 0 Å². The summed E-state index contributed by atoms with van der Waals surface area (Å²) < 4.78 is 16.6. The number of ether oxygens (including phenoxy) is 3. The van der Waals surface area contributed by atoms with Gasteiger partial charge in [0.05, 0.1) is 0 Å². The maximum Gasteiger partial charge on any atom is 0.306 e. The zero-order chi connectivity index (χ0) is 42.3. The second-order valence-electron chi connectivity index (χ2n) is 14.8. The van der Waals surface area contributed by atoms with Crippen LogP contribution in [0.1, 0.15) is 181 Å². The van der Waals surface area contributed by atoms with Crippen molar-refractivity contribution >= 4 is 17.9 Å². The molecular weight excluding hydrogens is 721 g/mol. The number of carbonyl (C=O) groups is 3. The predicted molar refractivity (Wildman–Crippen MR) is 247 cm³/mol. The number of esters is 3. The van der Waals surface area contributed by atoms with Crippen molar-refractivity contribution in [2.24, 2.45) is 0 Å². The van der Waals surface area contributed by atoms with E-state index < -0.39 is 6.10 Å². The van der Waals surface area contributed by atoms with E-state index in [1.807, 2.05) is 72.9 Å². The molecule has 0 radical (unpaired) electrons. The average molecular weight is 803 g/mol. The molecule has 0 saturated heterocycles. The highest BCUT2D eigenvalue weighted by Crippen LogP contribution is 2.13. The van der Waals surface area contributed by atoms with Crippen LogP contribution in [-0.2, 0) is 28.6 Å². The second kappa shape index (κ2) is 45.8. The highest BCUT2D eigenvalue weighted by molar-refractivity contribution is 5.71. The Labute approximate surface area is 355 Å². The van der Waals surface area contributed by atoms with Crippen LogP contribution in [0.2, 0.25) is 0 Å². The average Bonchev–Trinajstić information content (AvgIpc) is 3.22. The van der Waals surface area contributed by atoms with Gasteiger partial charge in [-0.2, -0.15) is 0 Å². The van der Waals surface area contributed by atoms with Crippen LogP contribution < -0.4 is 0 Å². The van der Waals surface area contributed by atoms with Crippen LogP contribution in [0.4, 0.5) is 0 Å². The second-order valence-corrected chi connectivity index (χ2v) is 14.8. The van der Waals surface area contributed by atoms with Crippen LogP contribution in [0.5, 0.6) is 0 Å². The molecule has 0 aliphatic rings. The van der Waals surface area contributed by atoms with E-state index in [0.29, 0.717) is 12.8 Å². The number of hydrogen-bond donors (Lipinski definition) is 0. The summed E-state index contributed by atoms with van der Waals surface area (Å²) in [5.74, 6) is -0.993. The molecule has 6 nitrogen and oxygen atoms in total. The van der Waals surface area contributed by atoms with Crippen LogP contribution in [0, 0.1) is 0 Å². The minimum atomic E-state index is -0.808. The first-order chi connectivity index (χ1) is 28.5. The summed E-state index contributed by atoms with van der Waals surface area (Å²) in [7, 11) is 0. The fraction of sp³-hybridized carbons (Fsp3) is 0.596. The van der Waals surface area contributed by atoms with E-state index in [2.05, 4.69) is 57.2 Å². The van der Waals surface area contributed by atoms with Gasteiger partial charge < -0.3 is 14.2 Å². The molecule has 0 saturated carbocycles. The fourth-order valence-corrected chi connectivity index (χ4v) is 5.75. The zero-order valence-corrected chi connectivity index (χ0v) is 37.0. The zero-order valence-electron chi connectivity index (χ0n) is 37.0. The Hall–Kier alpha value is -3.93. The smallest absolute Gasteiger partial charge is 0.306 e. The lowest BCUT2D eigenvalue weighted by molar-refractivity contribution is -0.167. The Bertz CT molecular complexity index is 1240. The van der Waals surface area contributed by atoms with Gasteiger partial charge in [-0.25, -0.2) is 0 Å². The third kappa shape index (κ3) is 43.2. The summed E-state index contributed by atoms with van der Waals surface area (Å²) >= 11 is 0. The number of unbranched alkanes of at least 4 members (excludes halogenated alkanes) is 17. The maximum absolute atomic E-state index is 12.7. The molecule has 0 rings (SSSR count). The molecule has 0 aromatic rings. The maximum atomic E-state index is 12.7. The van der Waals surface area contributed by atoms with E-state index in [9.17, 15) is 14.4 Å². The first-order valence-corrected chi connectivity index (χ1v) is 23.0. The highest BCUT2D eigenvalue weighted by Gasteiger charge is 2.19. The van der Waals surface area contributed by atoms with Crippen molar-refractivity contribution in [1.82, 2.24) is 0 Å². The third-order valence-corrected chi connectivity index (χ3v) is 9.23. The molecular formula is C52H82O6. The van der Waals surface area contributed by atoms with Crippen LogP contribution in [-0.4, -0.2) is 37.2 Å². The number of hydrogen-bond acceptors (Lipinski definition) is 6. The van der Waals surface area contributed by atoms with Gasteiger partial charge in [-0.3, -0.25) is 14.4 Å². The number of rotatable bonds is 39. The highest BCUT2D eigenvalue weighted by atomic mass is 16.6. The van der Waals surface area contributed by atoms with Crippen molar-refractivity contribution in [3.8, 4) is 0 Å². The predicted octanol–water partition coefficient (Wildman–Crippen LogP) is 14.8. The van der Waals surface area contributed by atoms with Gasteiger partial charge in [0.15, 0.2) is 6.10 Å². The van der Waals surface area contributed by atoms with Crippen LogP contribution in [0.3, 0.4) is 0 Å². The van der Waals surface area contributed by atoms with Gasteiger partial charge in [0.2, 0.25) is 0 Å². The van der Waals surface area contributed by atoms with E-state index in [4.69, 9.17) is 14.2 Å². The standard InChI is InChI=1S/C52H82O6/c1-4-7-10-13-16-19-22-23-24-25-26-27-28-29-31-33-36-39-42-45-51(54)57-48-49(47-56-50(53)44-41-38-35-32-21-18-15-12-9-6-3)58-52(55)46-43-40-37-34-30-20-17-14-11-8-5-2/h7,10,13-14,16-17,19-20,22-31,49H,4-6,8-9,11-12,15,18,21,32-48H2,1-3H3/b10-7-,16-13-,17-14-,22-19-,24-23-,26-25+,28-27-,30-20-,31-29-. The monoisotopic (exact) mass is 803 g/mol. The first kappa shape index (κ1) is 54.1. The van der Waals surface area contributed by atoms with E-state index in [1.54, 1.807) is 0 Å². The molecule has 0 aromatic heterocycles. The molecule has 0 amide bonds. The molecule has 58 heavy (non-hydrogen) atoms. The summed E-state index contributed by atoms with van der Waals surface area (Å²) in [6.07, 6.45) is 60.7. The van der Waals surface area contributed by atoms with Gasteiger partial charge in [0, 0.05) is 19.3 Å². The lowest BCUT2D eigenvalue weighted by Crippen LogP contribution is -2.30. The van der Waals surface area contributed by atoms with Crippen LogP contribution >= 0.6 is 0 Å². The molecule has 1 atom stereocenters. The molecule has 0 aliphatic heterocycles. The molecule has 0 aromatic carbocycles. The summed E-state index contributed by atoms with van der Waals surface area (Å²) in [5.41, 5.74) is 0. The lowest BCUT2D eigenvalue weighted by Gasteiger charge is -2.18. The Morgan fingerprint density at radius 3 is 1.12 bits per heavy atom. The van der Waals surface area contributed by atoms with Gasteiger partial charge in [0.25, 0.3) is 0 Å². The topological polar surface area (TPSA) is 78.9 Å². The van der Waals surface area contributed by atoms with Crippen LogP contribution in [0.15, 0.2) is 109 Å². The number of allylic oxidation sites excluding steroid dienone is 18. The van der Waals surface area contributed by atoms with Gasteiger partial charge >= 0.3 is 17.9 Å². The Kier molecular flexibility index (Phi) is 42.7. The van der Waals surface area contributed by atoms with Gasteiger partial charge in [-0.15, -0.1) is 0 Å². The van der Waals surface area contributed by atoms with Gasteiger partial charge in [-0.05, 0) is 57.8 Å². The Morgan fingerprint density at radius 1 is 0.362 bits per heavy atom. The van der Waals surface area contributed by atoms with Gasteiger partial charge in [-0.1, -0.05) is 214 Å².